The Bertz CT molecular complexity index is 1800. The SMILES string of the molecule is Cc1ccc(Cn2ccnc2NC(=O)C2CN(C(C)(C)C)C[C@H]2c2ccc(F)cc2F)c(N2CC3S4(=O)=S3(=O)C4C2)n1. The third kappa shape index (κ3) is 4.10. The fraction of sp³-hybridized carbons (Fsp3) is 0.483. The number of carbonyl (C=O) groups excluding carboxylic acids is 1. The normalized spacial score (nSPS) is 31.6. The molecule has 0 saturated carbocycles. The van der Waals surface area contributed by atoms with Crippen molar-refractivity contribution in [1.82, 2.24) is 19.4 Å². The van der Waals surface area contributed by atoms with Crippen molar-refractivity contribution in [3.05, 3.63) is 71.2 Å². The molecule has 0 spiro atoms. The number of imidazole rings is 1. The van der Waals surface area contributed by atoms with Crippen molar-refractivity contribution >= 4 is 34.7 Å². The lowest BCUT2D eigenvalue weighted by Crippen LogP contribution is -2.50. The topological polar surface area (TPSA) is 100 Å². The molecule has 2 atom stereocenters. The maximum Gasteiger partial charge on any atom is 0.231 e. The highest BCUT2D eigenvalue weighted by molar-refractivity contribution is 8.81. The van der Waals surface area contributed by atoms with Crippen molar-refractivity contribution in [2.75, 3.05) is 36.4 Å². The number of aryl methyl sites for hydroxylation is 1. The number of aromatic nitrogens is 3. The second kappa shape index (κ2) is 9.23. The number of fused-ring (bicyclic) bond motifs is 2. The molecule has 224 valence electrons. The molecule has 9 nitrogen and oxygen atoms in total. The minimum Gasteiger partial charge on any atom is -0.352 e. The van der Waals surface area contributed by atoms with Crippen LogP contribution in [0, 0.1) is 24.5 Å². The van der Waals surface area contributed by atoms with Crippen LogP contribution in [0.5, 0.6) is 0 Å². The average Bonchev–Trinajstić information content (AvgIpc) is 3.35. The summed E-state index contributed by atoms with van der Waals surface area (Å²) in [6, 6.07) is 7.45. The van der Waals surface area contributed by atoms with E-state index in [1.807, 2.05) is 23.6 Å². The van der Waals surface area contributed by atoms with Crippen LogP contribution in [0.4, 0.5) is 20.5 Å². The van der Waals surface area contributed by atoms with Crippen LogP contribution in [0.25, 0.3) is 0 Å². The molecule has 7 heterocycles. The molecule has 5 aliphatic heterocycles. The van der Waals surface area contributed by atoms with Gasteiger partial charge in [-0.1, -0.05) is 12.1 Å². The highest BCUT2D eigenvalue weighted by Gasteiger charge is 2.79. The molecule has 5 aliphatic rings. The van der Waals surface area contributed by atoms with Gasteiger partial charge in [-0.15, -0.1) is 0 Å². The summed E-state index contributed by atoms with van der Waals surface area (Å²) >= 11 is 0. The Morgan fingerprint density at radius 1 is 1.05 bits per heavy atom. The van der Waals surface area contributed by atoms with Crippen LogP contribution in [0.3, 0.4) is 0 Å². The first-order valence-electron chi connectivity index (χ1n) is 14.1. The third-order valence-corrected chi connectivity index (χ3v) is 20.2. The number of carbonyl (C=O) groups is 1. The van der Waals surface area contributed by atoms with Gasteiger partial charge in [0.15, 0.2) is 0 Å². The number of halogens is 2. The lowest BCUT2D eigenvalue weighted by Gasteiger charge is -2.35. The van der Waals surface area contributed by atoms with Gasteiger partial charge in [0, 0.05) is 67.4 Å². The lowest BCUT2D eigenvalue weighted by molar-refractivity contribution is -0.120. The molecule has 8 rings (SSSR count). The standard InChI is InChI=1S/C29H34F2N6O3S2/c1-17-5-6-18(26(33-17)36-15-24-41(39)25(16-36)42(24,41)40)12-35-10-9-32-28(35)34-27(38)22-14-37(29(2,3)4)13-21(22)20-8-7-19(30)11-23(20)31/h5-11,21-22,24-25H,12-16H2,1-4H3,(H,32,34,38)/t21-,22?,24?,25?,41?,42?/m0/s1. The minimum atomic E-state index is -2.12. The predicted octanol–water partition coefficient (Wildman–Crippen LogP) is 3.35. The van der Waals surface area contributed by atoms with Crippen molar-refractivity contribution in [1.29, 1.82) is 0 Å². The maximum atomic E-state index is 14.9. The van der Waals surface area contributed by atoms with E-state index in [0.717, 1.165) is 23.1 Å². The van der Waals surface area contributed by atoms with Crippen LogP contribution < -0.4 is 10.2 Å². The van der Waals surface area contributed by atoms with Crippen LogP contribution in [-0.4, -0.2) is 74.6 Å². The van der Waals surface area contributed by atoms with Crippen LogP contribution in [-0.2, 0) is 28.3 Å². The molecule has 1 unspecified atom stereocenters. The molecule has 0 radical (unpaired) electrons. The van der Waals surface area contributed by atoms with Crippen molar-refractivity contribution in [3.8, 4) is 0 Å². The second-order valence-electron chi connectivity index (χ2n) is 12.7. The molecule has 1 aromatic carbocycles. The highest BCUT2D eigenvalue weighted by Crippen LogP contribution is 2.61. The molecular formula is C29H34F2N6O3S2. The number of hydrogen-bond acceptors (Lipinski definition) is 7. The van der Waals surface area contributed by atoms with Gasteiger partial charge in [-0.25, -0.2) is 18.7 Å². The number of pyridine rings is 1. The van der Waals surface area contributed by atoms with E-state index in [1.165, 1.54) is 12.1 Å². The van der Waals surface area contributed by atoms with E-state index in [0.29, 0.717) is 44.2 Å². The Morgan fingerprint density at radius 2 is 1.76 bits per heavy atom. The summed E-state index contributed by atoms with van der Waals surface area (Å²) in [6.45, 7) is 10.3. The number of hydrogen-bond donors (Lipinski definition) is 1. The zero-order chi connectivity index (χ0) is 29.8. The van der Waals surface area contributed by atoms with Gasteiger partial charge < -0.3 is 9.47 Å². The molecule has 2 bridgehead atoms. The Morgan fingerprint density at radius 3 is 2.43 bits per heavy atom. The van der Waals surface area contributed by atoms with E-state index in [2.05, 4.69) is 40.9 Å². The summed E-state index contributed by atoms with van der Waals surface area (Å²) in [5.74, 6) is -1.48. The van der Waals surface area contributed by atoms with Gasteiger partial charge in [0.05, 0.1) is 29.4 Å². The number of nitrogens with zero attached hydrogens (tertiary/aromatic N) is 5. The first-order valence-corrected chi connectivity index (χ1v) is 18.0. The number of benzene rings is 1. The molecule has 13 heteroatoms. The van der Waals surface area contributed by atoms with Crippen LogP contribution in [0.2, 0.25) is 0 Å². The van der Waals surface area contributed by atoms with Crippen molar-refractivity contribution < 1.29 is 22.0 Å². The van der Waals surface area contributed by atoms with E-state index in [-0.39, 0.29) is 20.6 Å². The molecular weight excluding hydrogens is 582 g/mol. The van der Waals surface area contributed by atoms with Gasteiger partial charge in [-0.05, 0) is 45.4 Å². The third-order valence-electron chi connectivity index (χ3n) is 9.19. The van der Waals surface area contributed by atoms with Gasteiger partial charge >= 0.3 is 0 Å². The zero-order valence-corrected chi connectivity index (χ0v) is 25.6. The van der Waals surface area contributed by atoms with Gasteiger partial charge in [0.2, 0.25) is 11.9 Å². The van der Waals surface area contributed by atoms with Crippen molar-refractivity contribution in [3.63, 3.8) is 0 Å². The van der Waals surface area contributed by atoms with E-state index < -0.39 is 40.5 Å². The Balaban J connectivity index is 1.12. The van der Waals surface area contributed by atoms with Crippen molar-refractivity contribution in [2.45, 2.75) is 54.9 Å². The minimum absolute atomic E-state index is 0.208. The average molecular weight is 617 g/mol. The number of amides is 1. The summed E-state index contributed by atoms with van der Waals surface area (Å²) in [5, 5.41) is 2.97. The van der Waals surface area contributed by atoms with Gasteiger partial charge in [0.1, 0.15) is 26.6 Å². The van der Waals surface area contributed by atoms with Crippen LogP contribution in [0.15, 0.2) is 42.7 Å². The largest absolute Gasteiger partial charge is 0.352 e. The quantitative estimate of drug-likeness (QED) is 0.454. The number of anilines is 2. The van der Waals surface area contributed by atoms with E-state index in [9.17, 15) is 22.0 Å². The molecule has 1 amide bonds. The fourth-order valence-corrected chi connectivity index (χ4v) is 18.7. The first kappa shape index (κ1) is 27.8. The van der Waals surface area contributed by atoms with Crippen molar-refractivity contribution in [2.24, 2.45) is 5.92 Å². The lowest BCUT2D eigenvalue weighted by atomic mass is 9.88. The Hall–Kier alpha value is -3.03. The number of rotatable bonds is 6. The summed E-state index contributed by atoms with van der Waals surface area (Å²) in [7, 11) is -4.23. The van der Waals surface area contributed by atoms with Crippen LogP contribution >= 0.6 is 0 Å². The molecule has 2 aromatic heterocycles. The maximum absolute atomic E-state index is 14.9. The molecule has 3 fully saturated rings. The summed E-state index contributed by atoms with van der Waals surface area (Å²) < 4.78 is 55.4. The Labute approximate surface area is 244 Å². The number of likely N-dealkylation sites (tertiary alicyclic amines) is 1. The Kier molecular flexibility index (Phi) is 6.11. The number of nitrogens with one attached hydrogen (secondary N) is 1. The molecule has 1 N–H and O–H groups in total. The zero-order valence-electron chi connectivity index (χ0n) is 23.9. The monoisotopic (exact) mass is 616 g/mol. The first-order chi connectivity index (χ1) is 19.8. The summed E-state index contributed by atoms with van der Waals surface area (Å²) in [5.41, 5.74) is 1.83. The molecule has 42 heavy (non-hydrogen) atoms. The summed E-state index contributed by atoms with van der Waals surface area (Å²) in [4.78, 5) is 27.2. The van der Waals surface area contributed by atoms with Gasteiger partial charge in [-0.3, -0.25) is 23.4 Å². The van der Waals surface area contributed by atoms with Gasteiger partial charge in [0.25, 0.3) is 0 Å². The molecule has 0 aliphatic carbocycles. The second-order valence-corrected chi connectivity index (χ2v) is 21.1. The molecule has 3 saturated heterocycles. The predicted molar refractivity (Wildman–Crippen MR) is 159 cm³/mol. The van der Waals surface area contributed by atoms with E-state index in [1.54, 1.807) is 12.4 Å². The highest BCUT2D eigenvalue weighted by atomic mass is 33.0. The van der Waals surface area contributed by atoms with Crippen LogP contribution in [0.1, 0.15) is 43.5 Å². The molecule has 3 aromatic rings. The summed E-state index contributed by atoms with van der Waals surface area (Å²) in [6.07, 6.45) is 3.39. The smallest absolute Gasteiger partial charge is 0.231 e. The van der Waals surface area contributed by atoms with E-state index >= 15 is 0 Å². The fourth-order valence-electron chi connectivity index (χ4n) is 6.65. The van der Waals surface area contributed by atoms with E-state index in [4.69, 9.17) is 4.98 Å². The van der Waals surface area contributed by atoms with Gasteiger partial charge in [-0.2, -0.15) is 0 Å².